The Hall–Kier alpha value is -0.940. The number of rotatable bonds is 3. The van der Waals surface area contributed by atoms with Crippen LogP contribution in [0.4, 0.5) is 0 Å². The Morgan fingerprint density at radius 1 is 1.37 bits per heavy atom. The number of hydrogen-bond acceptors (Lipinski definition) is 3. The van der Waals surface area contributed by atoms with Crippen molar-refractivity contribution in [3.63, 3.8) is 0 Å². The maximum absolute atomic E-state index is 4.80. The van der Waals surface area contributed by atoms with Crippen LogP contribution >= 0.6 is 27.3 Å². The van der Waals surface area contributed by atoms with E-state index in [-0.39, 0.29) is 10.8 Å². The van der Waals surface area contributed by atoms with E-state index in [1.165, 1.54) is 17.7 Å². The molecule has 1 N–H and O–H groups in total. The van der Waals surface area contributed by atoms with Gasteiger partial charge in [-0.3, -0.25) is 5.10 Å². The van der Waals surface area contributed by atoms with Crippen molar-refractivity contribution < 1.29 is 0 Å². The van der Waals surface area contributed by atoms with Gasteiger partial charge in [0.15, 0.2) is 5.82 Å². The molecule has 0 spiro atoms. The number of hydrogen-bond donors (Lipinski definition) is 1. The van der Waals surface area contributed by atoms with Gasteiger partial charge >= 0.3 is 0 Å². The third-order valence-electron chi connectivity index (χ3n) is 4.30. The fourth-order valence-electron chi connectivity index (χ4n) is 2.52. The molecule has 3 nitrogen and oxygen atoms in total. The van der Waals surface area contributed by atoms with Crippen molar-refractivity contribution in [1.82, 2.24) is 15.2 Å². The molecule has 2 aromatic rings. The number of nitrogens with one attached hydrogen (secondary N) is 1. The summed E-state index contributed by atoms with van der Waals surface area (Å²) in [6.45, 7) is 2.24. The monoisotopic (exact) mass is 335 g/mol. The normalized spacial score (nSPS) is 27.3. The van der Waals surface area contributed by atoms with Crippen molar-refractivity contribution in [1.29, 1.82) is 0 Å². The highest BCUT2D eigenvalue weighted by molar-refractivity contribution is 9.11. The zero-order valence-corrected chi connectivity index (χ0v) is 13.0. The number of thiophene rings is 1. The first kappa shape index (κ1) is 11.9. The molecule has 1 unspecified atom stereocenters. The summed E-state index contributed by atoms with van der Waals surface area (Å²) >= 11 is 5.32. The van der Waals surface area contributed by atoms with Gasteiger partial charge in [0.05, 0.1) is 9.20 Å². The lowest BCUT2D eigenvalue weighted by atomic mass is 9.74. The predicted octanol–water partition coefficient (Wildman–Crippen LogP) is 3.93. The zero-order valence-electron chi connectivity index (χ0n) is 10.6. The topological polar surface area (TPSA) is 41.6 Å². The van der Waals surface area contributed by atoms with Crippen LogP contribution in [0, 0.1) is 0 Å². The van der Waals surface area contributed by atoms with Gasteiger partial charge in [0, 0.05) is 10.3 Å². The van der Waals surface area contributed by atoms with E-state index in [0.717, 1.165) is 21.9 Å². The van der Waals surface area contributed by atoms with E-state index < -0.39 is 0 Å². The number of nitrogens with zero attached hydrogens (tertiary/aromatic N) is 2. The Labute approximate surface area is 124 Å². The molecular formula is C14H14BrN3S. The summed E-state index contributed by atoms with van der Waals surface area (Å²) in [6.07, 6.45) is 7.86. The van der Waals surface area contributed by atoms with E-state index in [9.17, 15) is 0 Å². The molecule has 2 aliphatic rings. The van der Waals surface area contributed by atoms with E-state index in [2.05, 4.69) is 57.3 Å². The van der Waals surface area contributed by atoms with Gasteiger partial charge in [-0.05, 0) is 47.3 Å². The molecule has 2 heterocycles. The first-order chi connectivity index (χ1) is 9.12. The summed E-state index contributed by atoms with van der Waals surface area (Å²) in [5, 5.41) is 7.63. The van der Waals surface area contributed by atoms with Crippen LogP contribution < -0.4 is 0 Å². The van der Waals surface area contributed by atoms with Crippen molar-refractivity contribution in [3.05, 3.63) is 44.6 Å². The lowest BCUT2D eigenvalue weighted by Gasteiger charge is -2.32. The van der Waals surface area contributed by atoms with Crippen LogP contribution in [0.3, 0.4) is 0 Å². The molecule has 0 saturated heterocycles. The fraction of sp³-hybridized carbons (Fsp3) is 0.429. The Kier molecular flexibility index (Phi) is 2.37. The number of H-pyrrole nitrogens is 1. The smallest absolute Gasteiger partial charge is 0.156 e. The Morgan fingerprint density at radius 2 is 2.16 bits per heavy atom. The number of aromatic nitrogens is 3. The van der Waals surface area contributed by atoms with Crippen LogP contribution in [-0.4, -0.2) is 15.2 Å². The third kappa shape index (κ3) is 1.68. The molecule has 0 amide bonds. The molecule has 0 aliphatic heterocycles. The minimum atomic E-state index is -0.0762. The lowest BCUT2D eigenvalue weighted by Crippen LogP contribution is -2.30. The van der Waals surface area contributed by atoms with E-state index in [1.54, 1.807) is 11.3 Å². The van der Waals surface area contributed by atoms with Crippen molar-refractivity contribution in [2.45, 2.75) is 37.0 Å². The fourth-order valence-corrected chi connectivity index (χ4v) is 4.09. The summed E-state index contributed by atoms with van der Waals surface area (Å²) in [4.78, 5) is 6.12. The van der Waals surface area contributed by atoms with Crippen molar-refractivity contribution in [2.24, 2.45) is 0 Å². The van der Waals surface area contributed by atoms with Gasteiger partial charge in [0.1, 0.15) is 5.82 Å². The average Bonchev–Trinajstić information content (AvgIpc) is 2.79. The second-order valence-corrected chi connectivity index (χ2v) is 8.21. The van der Waals surface area contributed by atoms with Gasteiger partial charge in [-0.25, -0.2) is 4.98 Å². The van der Waals surface area contributed by atoms with E-state index in [1.807, 2.05) is 0 Å². The van der Waals surface area contributed by atoms with Crippen molar-refractivity contribution in [2.75, 3.05) is 0 Å². The van der Waals surface area contributed by atoms with Crippen LogP contribution in [0.25, 0.3) is 0 Å². The maximum atomic E-state index is 4.80. The standard InChI is InChI=1S/C14H14BrN3S/c1-13(7-8-13)11-16-12(18-17-11)14(5-2-6-14)9-3-4-10(15)19-9/h2-5H,6-8H2,1H3,(H,16,17,18). The van der Waals surface area contributed by atoms with Crippen LogP contribution in [-0.2, 0) is 10.8 Å². The SMILES string of the molecule is CC1(c2n[nH]c(C3(c4ccc(Br)s4)C=CC3)n2)CC1. The van der Waals surface area contributed by atoms with E-state index >= 15 is 0 Å². The number of halogens is 1. The average molecular weight is 336 g/mol. The van der Waals surface area contributed by atoms with Gasteiger partial charge in [-0.2, -0.15) is 5.10 Å². The van der Waals surface area contributed by atoms with Gasteiger partial charge in [0.25, 0.3) is 0 Å². The molecule has 5 heteroatoms. The molecule has 2 aliphatic carbocycles. The number of aromatic amines is 1. The van der Waals surface area contributed by atoms with Crippen molar-refractivity contribution in [3.8, 4) is 0 Å². The first-order valence-electron chi connectivity index (χ1n) is 6.49. The molecule has 0 radical (unpaired) electrons. The summed E-state index contributed by atoms with van der Waals surface area (Å²) in [5.41, 5.74) is 0.145. The first-order valence-corrected chi connectivity index (χ1v) is 8.10. The molecular weight excluding hydrogens is 322 g/mol. The minimum Gasteiger partial charge on any atom is -0.262 e. The Bertz CT molecular complexity index is 668. The van der Waals surface area contributed by atoms with Crippen LogP contribution in [0.1, 0.15) is 42.7 Å². The summed E-state index contributed by atoms with van der Waals surface area (Å²) < 4.78 is 1.16. The summed E-state index contributed by atoms with van der Waals surface area (Å²) in [5.74, 6) is 1.98. The number of allylic oxidation sites excluding steroid dienone is 2. The Balaban J connectivity index is 1.77. The molecule has 0 bridgehead atoms. The van der Waals surface area contributed by atoms with E-state index in [0.29, 0.717) is 0 Å². The molecule has 0 aromatic carbocycles. The van der Waals surface area contributed by atoms with Gasteiger partial charge < -0.3 is 0 Å². The molecule has 19 heavy (non-hydrogen) atoms. The summed E-state index contributed by atoms with van der Waals surface area (Å²) in [6, 6.07) is 4.28. The molecule has 1 fully saturated rings. The summed E-state index contributed by atoms with van der Waals surface area (Å²) in [7, 11) is 0. The van der Waals surface area contributed by atoms with Crippen LogP contribution in [0.5, 0.6) is 0 Å². The second-order valence-electron chi connectivity index (χ2n) is 5.75. The van der Waals surface area contributed by atoms with Crippen molar-refractivity contribution >= 4 is 27.3 Å². The highest BCUT2D eigenvalue weighted by atomic mass is 79.9. The highest BCUT2D eigenvalue weighted by Crippen LogP contribution is 2.49. The largest absolute Gasteiger partial charge is 0.262 e. The lowest BCUT2D eigenvalue weighted by molar-refractivity contribution is 0.569. The van der Waals surface area contributed by atoms with Gasteiger partial charge in [0.2, 0.25) is 0 Å². The highest BCUT2D eigenvalue weighted by Gasteiger charge is 2.45. The molecule has 98 valence electrons. The molecule has 1 saturated carbocycles. The predicted molar refractivity (Wildman–Crippen MR) is 79.5 cm³/mol. The quantitative estimate of drug-likeness (QED) is 0.863. The molecule has 2 aromatic heterocycles. The Morgan fingerprint density at radius 3 is 2.68 bits per heavy atom. The zero-order chi connectivity index (χ0) is 13.1. The second kappa shape index (κ2) is 3.79. The van der Waals surface area contributed by atoms with Gasteiger partial charge in [-0.1, -0.05) is 19.1 Å². The maximum Gasteiger partial charge on any atom is 0.156 e. The minimum absolute atomic E-state index is 0.0762. The van der Waals surface area contributed by atoms with Crippen LogP contribution in [0.15, 0.2) is 28.1 Å². The van der Waals surface area contributed by atoms with Gasteiger partial charge in [-0.15, -0.1) is 11.3 Å². The van der Waals surface area contributed by atoms with Crippen LogP contribution in [0.2, 0.25) is 0 Å². The van der Waals surface area contributed by atoms with E-state index in [4.69, 9.17) is 4.98 Å². The third-order valence-corrected chi connectivity index (χ3v) is 6.10. The molecule has 1 atom stereocenters. The molecule has 4 rings (SSSR count).